The number of para-hydroxylation sites is 1. The molecule has 2 bridgehead atoms. The number of rotatable bonds is 8. The smallest absolute Gasteiger partial charge is 0.218 e. The Morgan fingerprint density at radius 2 is 1.74 bits per heavy atom. The van der Waals surface area contributed by atoms with E-state index in [1.54, 1.807) is 31.2 Å². The van der Waals surface area contributed by atoms with Crippen molar-refractivity contribution in [2.45, 2.75) is 70.2 Å². The van der Waals surface area contributed by atoms with Crippen molar-refractivity contribution in [2.75, 3.05) is 7.11 Å². The summed E-state index contributed by atoms with van der Waals surface area (Å²) in [5.74, 6) is -2.15. The third-order valence-electron chi connectivity index (χ3n) is 6.65. The van der Waals surface area contributed by atoms with E-state index in [0.717, 1.165) is 32.1 Å². The minimum Gasteiger partial charge on any atom is -0.496 e. The lowest BCUT2D eigenvalue weighted by molar-refractivity contribution is -0.252. The van der Waals surface area contributed by atoms with E-state index in [9.17, 15) is 15.8 Å². The monoisotopic (exact) mass is 420 g/mol. The molecular weight excluding hydrogens is 392 g/mol. The van der Waals surface area contributed by atoms with Crippen LogP contribution in [0, 0.1) is 50.2 Å². The number of nitrogens with zero attached hydrogens (tertiary/aromatic N) is 3. The molecule has 0 amide bonds. The van der Waals surface area contributed by atoms with E-state index in [1.807, 2.05) is 0 Å². The van der Waals surface area contributed by atoms with Gasteiger partial charge in [0.25, 0.3) is 0 Å². The Labute approximate surface area is 183 Å². The second kappa shape index (κ2) is 8.58. The zero-order valence-corrected chi connectivity index (χ0v) is 18.3. The number of fused-ring (bicyclic) bond motifs is 2. The minimum absolute atomic E-state index is 0.398. The van der Waals surface area contributed by atoms with Gasteiger partial charge < -0.3 is 14.2 Å². The van der Waals surface area contributed by atoms with Crippen molar-refractivity contribution in [3.63, 3.8) is 0 Å². The maximum Gasteiger partial charge on any atom is 0.218 e. The van der Waals surface area contributed by atoms with Crippen LogP contribution in [0.1, 0.15) is 63.9 Å². The molecule has 1 aromatic rings. The molecule has 162 valence electrons. The number of unbranched alkanes of at least 4 members (excludes halogenated alkanes) is 4. The number of nitrogens with one attached hydrogen (secondary N) is 1. The second-order valence-corrected chi connectivity index (χ2v) is 8.38. The zero-order valence-electron chi connectivity index (χ0n) is 18.3. The highest BCUT2D eigenvalue weighted by molar-refractivity contribution is 5.90. The van der Waals surface area contributed by atoms with E-state index in [4.69, 9.17) is 19.6 Å². The molecule has 4 unspecified atom stereocenters. The maximum absolute atomic E-state index is 10.4. The summed E-state index contributed by atoms with van der Waals surface area (Å²) in [5.41, 5.74) is -3.12. The van der Waals surface area contributed by atoms with Crippen LogP contribution >= 0.6 is 0 Å². The lowest BCUT2D eigenvalue weighted by Gasteiger charge is -2.49. The van der Waals surface area contributed by atoms with Crippen LogP contribution in [0.3, 0.4) is 0 Å². The summed E-state index contributed by atoms with van der Waals surface area (Å²) in [6.07, 6.45) is 4.61. The Kier molecular flexibility index (Phi) is 6.25. The van der Waals surface area contributed by atoms with E-state index in [1.165, 1.54) is 7.11 Å². The van der Waals surface area contributed by atoms with Crippen LogP contribution < -0.4 is 4.74 Å². The molecule has 7 heteroatoms. The maximum atomic E-state index is 10.4. The lowest BCUT2D eigenvalue weighted by atomic mass is 9.52. The van der Waals surface area contributed by atoms with E-state index >= 15 is 0 Å². The van der Waals surface area contributed by atoms with Crippen molar-refractivity contribution in [3.8, 4) is 24.0 Å². The van der Waals surface area contributed by atoms with E-state index in [2.05, 4.69) is 25.1 Å². The molecule has 2 aliphatic heterocycles. The van der Waals surface area contributed by atoms with Crippen LogP contribution in [0.4, 0.5) is 0 Å². The third-order valence-corrected chi connectivity index (χ3v) is 6.65. The van der Waals surface area contributed by atoms with Gasteiger partial charge in [0, 0.05) is 12.5 Å². The summed E-state index contributed by atoms with van der Waals surface area (Å²) >= 11 is 0. The Morgan fingerprint density at radius 3 is 2.35 bits per heavy atom. The molecule has 4 atom stereocenters. The molecule has 2 heterocycles. The fourth-order valence-electron chi connectivity index (χ4n) is 5.17. The number of hydrogen-bond donors (Lipinski definition) is 1. The molecule has 2 aliphatic rings. The summed E-state index contributed by atoms with van der Waals surface area (Å²) in [6, 6.07) is 13.5. The third kappa shape index (κ3) is 3.14. The lowest BCUT2D eigenvalue weighted by Crippen LogP contribution is -2.60. The van der Waals surface area contributed by atoms with Crippen LogP contribution in [-0.2, 0) is 9.47 Å². The first kappa shape index (κ1) is 22.6. The van der Waals surface area contributed by atoms with Crippen molar-refractivity contribution >= 4 is 5.90 Å². The molecule has 0 aliphatic carbocycles. The fourth-order valence-corrected chi connectivity index (χ4v) is 5.17. The summed E-state index contributed by atoms with van der Waals surface area (Å²) in [5, 5.41) is 39.6. The van der Waals surface area contributed by atoms with Gasteiger partial charge in [-0.15, -0.1) is 0 Å². The Bertz CT molecular complexity index is 958. The number of hydrogen-bond acceptors (Lipinski definition) is 7. The van der Waals surface area contributed by atoms with Crippen LogP contribution in [0.25, 0.3) is 0 Å². The molecule has 1 N–H and O–H groups in total. The summed E-state index contributed by atoms with van der Waals surface area (Å²) < 4.78 is 17.7. The predicted octanol–water partition coefficient (Wildman–Crippen LogP) is 4.81. The van der Waals surface area contributed by atoms with Crippen molar-refractivity contribution < 1.29 is 14.2 Å². The molecule has 2 fully saturated rings. The highest BCUT2D eigenvalue weighted by atomic mass is 16.7. The molecule has 0 aromatic heterocycles. The normalized spacial score (nSPS) is 30.5. The van der Waals surface area contributed by atoms with Gasteiger partial charge in [-0.2, -0.15) is 15.8 Å². The van der Waals surface area contributed by atoms with Crippen molar-refractivity contribution in [3.05, 3.63) is 29.8 Å². The standard InChI is InChI=1S/C24H28N4O3/c1-4-5-6-7-8-13-19-23(14-25,15-26)24(16-27)20(22(2,30-19)31-21(24)28)17-11-9-10-12-18(17)29-3/h9-12,19-20,28H,4-8,13H2,1-3H3. The van der Waals surface area contributed by atoms with E-state index in [0.29, 0.717) is 17.7 Å². The van der Waals surface area contributed by atoms with E-state index in [-0.39, 0.29) is 0 Å². The van der Waals surface area contributed by atoms with Crippen LogP contribution in [0.15, 0.2) is 24.3 Å². The quantitative estimate of drug-likeness (QED) is 0.602. The molecule has 1 aromatic carbocycles. The Balaban J connectivity index is 2.13. The van der Waals surface area contributed by atoms with Gasteiger partial charge >= 0.3 is 0 Å². The number of benzene rings is 1. The first-order valence-electron chi connectivity index (χ1n) is 10.7. The van der Waals surface area contributed by atoms with Gasteiger partial charge in [-0.3, -0.25) is 5.41 Å². The van der Waals surface area contributed by atoms with Gasteiger partial charge in [0.2, 0.25) is 11.7 Å². The van der Waals surface area contributed by atoms with Gasteiger partial charge in [-0.05, 0) is 12.5 Å². The molecule has 0 radical (unpaired) electrons. The Morgan fingerprint density at radius 1 is 1.06 bits per heavy atom. The van der Waals surface area contributed by atoms with Gasteiger partial charge in [-0.25, -0.2) is 0 Å². The van der Waals surface area contributed by atoms with Crippen LogP contribution in [0.2, 0.25) is 0 Å². The van der Waals surface area contributed by atoms with Crippen molar-refractivity contribution in [1.29, 1.82) is 21.2 Å². The average Bonchev–Trinajstić information content (AvgIpc) is 2.96. The Hall–Kier alpha value is -3.08. The highest BCUT2D eigenvalue weighted by Gasteiger charge is 2.79. The van der Waals surface area contributed by atoms with Gasteiger partial charge in [0.05, 0.1) is 37.3 Å². The van der Waals surface area contributed by atoms with Gasteiger partial charge in [0.1, 0.15) is 5.75 Å². The zero-order chi connectivity index (χ0) is 22.7. The topological polar surface area (TPSA) is 123 Å². The summed E-state index contributed by atoms with van der Waals surface area (Å²) in [7, 11) is 1.51. The number of nitriles is 3. The molecule has 3 rings (SSSR count). The first-order valence-corrected chi connectivity index (χ1v) is 10.7. The summed E-state index contributed by atoms with van der Waals surface area (Å²) in [4.78, 5) is 0. The fraction of sp³-hybridized carbons (Fsp3) is 0.583. The van der Waals surface area contributed by atoms with Gasteiger partial charge in [-0.1, -0.05) is 57.2 Å². The predicted molar refractivity (Wildman–Crippen MR) is 113 cm³/mol. The molecule has 31 heavy (non-hydrogen) atoms. The SMILES string of the molecule is CCCCCCCC1OC2(C)OC(=N)C(C#N)(C2c2ccccc2OC)C1(C#N)C#N. The van der Waals surface area contributed by atoms with Gasteiger partial charge in [0.15, 0.2) is 10.8 Å². The summed E-state index contributed by atoms with van der Waals surface area (Å²) in [6.45, 7) is 3.82. The second-order valence-electron chi connectivity index (χ2n) is 8.38. The van der Waals surface area contributed by atoms with Crippen molar-refractivity contribution in [1.82, 2.24) is 0 Å². The largest absolute Gasteiger partial charge is 0.496 e. The minimum atomic E-state index is -1.88. The molecule has 7 nitrogen and oxygen atoms in total. The van der Waals surface area contributed by atoms with E-state index < -0.39 is 34.5 Å². The highest BCUT2D eigenvalue weighted by Crippen LogP contribution is 2.67. The first-order chi connectivity index (χ1) is 14.9. The average molecular weight is 421 g/mol. The molecule has 0 saturated carbocycles. The van der Waals surface area contributed by atoms with Crippen LogP contribution in [0.5, 0.6) is 5.75 Å². The number of ether oxygens (including phenoxy) is 3. The molecule has 0 spiro atoms. The van der Waals surface area contributed by atoms with Crippen molar-refractivity contribution in [2.24, 2.45) is 10.8 Å². The number of methoxy groups -OCH3 is 1. The molecule has 2 saturated heterocycles. The molecular formula is C24H28N4O3. The van der Waals surface area contributed by atoms with Crippen LogP contribution in [-0.4, -0.2) is 24.9 Å².